The molecule has 0 atom stereocenters. The molecule has 0 saturated carbocycles. The Balaban J connectivity index is 1.95. The second-order valence-corrected chi connectivity index (χ2v) is 6.88. The topological polar surface area (TPSA) is 67.2 Å². The molecule has 2 rings (SSSR count). The van der Waals surface area contributed by atoms with Crippen molar-refractivity contribution in [3.63, 3.8) is 0 Å². The normalized spacial score (nSPS) is 17.1. The average Bonchev–Trinajstić information content (AvgIpc) is 2.74. The molecule has 0 amide bonds. The van der Waals surface area contributed by atoms with E-state index in [0.717, 1.165) is 5.82 Å². The Kier molecular flexibility index (Phi) is 4.04. The molecule has 102 valence electrons. The average molecular weight is 272 g/mol. The lowest BCUT2D eigenvalue weighted by Crippen LogP contribution is -2.41. The Morgan fingerprint density at radius 2 is 2.22 bits per heavy atom. The smallest absolute Gasteiger partial charge is 0.215 e. The van der Waals surface area contributed by atoms with E-state index in [1.54, 1.807) is 6.20 Å². The summed E-state index contributed by atoms with van der Waals surface area (Å²) in [6.45, 7) is 6.11. The molecule has 0 unspecified atom stereocenters. The molecule has 0 aliphatic carbocycles. The highest BCUT2D eigenvalue weighted by Gasteiger charge is 2.26. The maximum atomic E-state index is 12.1. The third kappa shape index (κ3) is 3.09. The Bertz CT molecular complexity index is 495. The van der Waals surface area contributed by atoms with E-state index in [2.05, 4.69) is 10.3 Å². The minimum atomic E-state index is -3.18. The van der Waals surface area contributed by atoms with Gasteiger partial charge in [0.1, 0.15) is 5.82 Å². The fourth-order valence-electron chi connectivity index (χ4n) is 1.99. The highest BCUT2D eigenvalue weighted by atomic mass is 32.2. The maximum Gasteiger partial charge on any atom is 0.215 e. The molecular formula is C11H20N4O2S. The van der Waals surface area contributed by atoms with Crippen LogP contribution in [-0.2, 0) is 23.1 Å². The summed E-state index contributed by atoms with van der Waals surface area (Å²) in [4.78, 5) is 4.17. The van der Waals surface area contributed by atoms with Crippen molar-refractivity contribution in [3.8, 4) is 0 Å². The van der Waals surface area contributed by atoms with Crippen molar-refractivity contribution in [1.82, 2.24) is 19.2 Å². The molecule has 0 fully saturated rings. The molecule has 0 spiro atoms. The van der Waals surface area contributed by atoms with Crippen molar-refractivity contribution in [2.24, 2.45) is 0 Å². The first-order chi connectivity index (χ1) is 8.49. The van der Waals surface area contributed by atoms with Crippen LogP contribution in [0.4, 0.5) is 0 Å². The number of fused-ring (bicyclic) bond motifs is 1. The van der Waals surface area contributed by atoms with E-state index >= 15 is 0 Å². The molecule has 18 heavy (non-hydrogen) atoms. The molecule has 0 saturated heterocycles. The number of sulfonamides is 1. The van der Waals surface area contributed by atoms with Crippen molar-refractivity contribution < 1.29 is 8.42 Å². The van der Waals surface area contributed by atoms with Crippen LogP contribution in [0.5, 0.6) is 0 Å². The van der Waals surface area contributed by atoms with Crippen LogP contribution in [0.2, 0.25) is 0 Å². The van der Waals surface area contributed by atoms with Gasteiger partial charge in [-0.05, 0) is 0 Å². The quantitative estimate of drug-likeness (QED) is 0.821. The lowest BCUT2D eigenvalue weighted by molar-refractivity contribution is 0.335. The van der Waals surface area contributed by atoms with Gasteiger partial charge in [0, 0.05) is 38.1 Å². The zero-order valence-corrected chi connectivity index (χ0v) is 11.7. The minimum Gasteiger partial charge on any atom is -0.333 e. The maximum absolute atomic E-state index is 12.1. The second-order valence-electron chi connectivity index (χ2n) is 4.80. The van der Waals surface area contributed by atoms with Crippen LogP contribution >= 0.6 is 0 Å². The van der Waals surface area contributed by atoms with Gasteiger partial charge in [-0.3, -0.25) is 0 Å². The minimum absolute atomic E-state index is 0.145. The summed E-state index contributed by atoms with van der Waals surface area (Å²) in [6.07, 6.45) is 3.60. The summed E-state index contributed by atoms with van der Waals surface area (Å²) in [5, 5.41) is 3.13. The van der Waals surface area contributed by atoms with Gasteiger partial charge >= 0.3 is 0 Å². The lowest BCUT2D eigenvalue weighted by atomic mass is 10.4. The molecule has 6 nitrogen and oxygen atoms in total. The van der Waals surface area contributed by atoms with Gasteiger partial charge in [0.15, 0.2) is 0 Å². The summed E-state index contributed by atoms with van der Waals surface area (Å²) >= 11 is 0. The van der Waals surface area contributed by atoms with E-state index in [1.165, 1.54) is 4.31 Å². The SMILES string of the molecule is CC(C)NCCS(=O)(=O)N1CCn2ccnc2C1. The fourth-order valence-corrected chi connectivity index (χ4v) is 3.30. The van der Waals surface area contributed by atoms with Gasteiger partial charge in [-0.2, -0.15) is 4.31 Å². The third-order valence-corrected chi connectivity index (χ3v) is 4.83. The molecule has 1 aromatic rings. The predicted molar refractivity (Wildman–Crippen MR) is 69.6 cm³/mol. The summed E-state index contributed by atoms with van der Waals surface area (Å²) in [5.41, 5.74) is 0. The van der Waals surface area contributed by atoms with Gasteiger partial charge in [-0.1, -0.05) is 13.8 Å². The highest BCUT2D eigenvalue weighted by Crippen LogP contribution is 2.14. The second kappa shape index (κ2) is 5.38. The number of nitrogens with one attached hydrogen (secondary N) is 1. The number of imidazole rings is 1. The first-order valence-corrected chi connectivity index (χ1v) is 7.81. The standard InChI is InChI=1S/C11H20N4O2S/c1-10(2)12-4-8-18(16,17)15-7-6-14-5-3-13-11(14)9-15/h3,5,10,12H,4,6-9H2,1-2H3. The highest BCUT2D eigenvalue weighted by molar-refractivity contribution is 7.89. The van der Waals surface area contributed by atoms with Gasteiger partial charge < -0.3 is 9.88 Å². The van der Waals surface area contributed by atoms with Gasteiger partial charge in [0.25, 0.3) is 0 Å². The summed E-state index contributed by atoms with van der Waals surface area (Å²) in [5.74, 6) is 0.966. The van der Waals surface area contributed by atoms with E-state index in [9.17, 15) is 8.42 Å². The Hall–Kier alpha value is -0.920. The van der Waals surface area contributed by atoms with E-state index < -0.39 is 10.0 Å². The lowest BCUT2D eigenvalue weighted by Gasteiger charge is -2.27. The van der Waals surface area contributed by atoms with E-state index in [4.69, 9.17) is 0 Å². The number of aromatic nitrogens is 2. The van der Waals surface area contributed by atoms with Gasteiger partial charge in [0.2, 0.25) is 10.0 Å². The van der Waals surface area contributed by atoms with E-state index in [-0.39, 0.29) is 5.75 Å². The molecule has 1 aliphatic heterocycles. The molecule has 1 N–H and O–H groups in total. The van der Waals surface area contributed by atoms with Crippen LogP contribution in [0.25, 0.3) is 0 Å². The number of rotatable bonds is 5. The third-order valence-electron chi connectivity index (χ3n) is 3.02. The van der Waals surface area contributed by atoms with Gasteiger partial charge in [-0.15, -0.1) is 0 Å². The van der Waals surface area contributed by atoms with E-state index in [0.29, 0.717) is 32.2 Å². The monoisotopic (exact) mass is 272 g/mol. The van der Waals surface area contributed by atoms with Crippen molar-refractivity contribution in [2.45, 2.75) is 33.0 Å². The zero-order valence-electron chi connectivity index (χ0n) is 10.8. The number of hydrogen-bond acceptors (Lipinski definition) is 4. The summed E-state index contributed by atoms with van der Waals surface area (Å²) in [7, 11) is -3.18. The van der Waals surface area contributed by atoms with Crippen LogP contribution < -0.4 is 5.32 Å². The van der Waals surface area contributed by atoms with Crippen LogP contribution in [0.1, 0.15) is 19.7 Å². The fraction of sp³-hybridized carbons (Fsp3) is 0.727. The Morgan fingerprint density at radius 3 is 2.94 bits per heavy atom. The molecule has 1 aromatic heterocycles. The molecule has 2 heterocycles. The van der Waals surface area contributed by atoms with Crippen LogP contribution in [-0.4, -0.2) is 47.2 Å². The van der Waals surface area contributed by atoms with Crippen LogP contribution in [0.15, 0.2) is 12.4 Å². The van der Waals surface area contributed by atoms with Crippen molar-refractivity contribution >= 4 is 10.0 Å². The molecular weight excluding hydrogens is 252 g/mol. The molecule has 0 bridgehead atoms. The first kappa shape index (κ1) is 13.5. The zero-order chi connectivity index (χ0) is 13.2. The van der Waals surface area contributed by atoms with Gasteiger partial charge in [0.05, 0.1) is 12.3 Å². The van der Waals surface area contributed by atoms with Gasteiger partial charge in [-0.25, -0.2) is 13.4 Å². The predicted octanol–water partition coefficient (Wildman–Crippen LogP) is 0.0265. The molecule has 0 radical (unpaired) electrons. The number of hydrogen-bond donors (Lipinski definition) is 1. The Morgan fingerprint density at radius 1 is 1.44 bits per heavy atom. The van der Waals surface area contributed by atoms with Crippen LogP contribution in [0, 0.1) is 0 Å². The van der Waals surface area contributed by atoms with Crippen molar-refractivity contribution in [2.75, 3.05) is 18.8 Å². The largest absolute Gasteiger partial charge is 0.333 e. The summed E-state index contributed by atoms with van der Waals surface area (Å²) < 4.78 is 27.8. The number of nitrogens with zero attached hydrogens (tertiary/aromatic N) is 3. The molecule has 1 aliphatic rings. The summed E-state index contributed by atoms with van der Waals surface area (Å²) in [6, 6.07) is 0.306. The van der Waals surface area contributed by atoms with Crippen molar-refractivity contribution in [3.05, 3.63) is 18.2 Å². The Labute approximate surface area is 108 Å². The van der Waals surface area contributed by atoms with E-state index in [1.807, 2.05) is 24.6 Å². The first-order valence-electron chi connectivity index (χ1n) is 6.20. The molecule has 0 aromatic carbocycles. The van der Waals surface area contributed by atoms with Crippen LogP contribution in [0.3, 0.4) is 0 Å². The van der Waals surface area contributed by atoms with Crippen molar-refractivity contribution in [1.29, 1.82) is 0 Å². The molecule has 7 heteroatoms.